The summed E-state index contributed by atoms with van der Waals surface area (Å²) < 4.78 is 27.7. The molecule has 33 heavy (non-hydrogen) atoms. The van der Waals surface area contributed by atoms with Gasteiger partial charge in [0.15, 0.2) is 12.1 Å². The quantitative estimate of drug-likeness (QED) is 0.464. The van der Waals surface area contributed by atoms with Gasteiger partial charge in [-0.3, -0.25) is 14.4 Å². The molecule has 2 heterocycles. The van der Waals surface area contributed by atoms with Crippen LogP contribution in [0, 0.1) is 28.6 Å². The first-order valence-corrected chi connectivity index (χ1v) is 11.8. The van der Waals surface area contributed by atoms with Crippen LogP contribution in [0.5, 0.6) is 0 Å². The van der Waals surface area contributed by atoms with E-state index in [0.717, 1.165) is 5.56 Å². The average Bonchev–Trinajstić information content (AvgIpc) is 3.29. The standard InChI is InChI=1S/C25H34O8/c1-6-31-14(2)32-18-11-17(22(27)29-5)24(3)9-7-16-23(28)33-19(15-8-10-30-13-15)12-25(16,4)21(24)20(18)26/h8,10,13-14,16-19,21H,6-7,9,11-12H2,1-5H3/t14?,16-,17-,18-,19+,21-,24-,25-/m0/s1. The summed E-state index contributed by atoms with van der Waals surface area (Å²) in [5, 5.41) is 0. The van der Waals surface area contributed by atoms with Crippen LogP contribution in [0.1, 0.15) is 65.0 Å². The number of carbonyl (C=O) groups is 3. The van der Waals surface area contributed by atoms with Crippen molar-refractivity contribution in [2.24, 2.45) is 28.6 Å². The van der Waals surface area contributed by atoms with Gasteiger partial charge >= 0.3 is 11.9 Å². The van der Waals surface area contributed by atoms with Crippen molar-refractivity contribution in [3.63, 3.8) is 0 Å². The first-order valence-electron chi connectivity index (χ1n) is 11.8. The molecule has 0 amide bonds. The zero-order valence-electron chi connectivity index (χ0n) is 20.0. The molecule has 3 aliphatic rings. The molecule has 1 aromatic rings. The van der Waals surface area contributed by atoms with Crippen LogP contribution in [0.3, 0.4) is 0 Å². The molecule has 0 spiro atoms. The van der Waals surface area contributed by atoms with Crippen molar-refractivity contribution in [2.45, 2.75) is 71.9 Å². The highest BCUT2D eigenvalue weighted by Crippen LogP contribution is 2.65. The minimum Gasteiger partial charge on any atom is -0.472 e. The van der Waals surface area contributed by atoms with Crippen molar-refractivity contribution in [1.82, 2.24) is 0 Å². The lowest BCUT2D eigenvalue weighted by Gasteiger charge is -2.61. The van der Waals surface area contributed by atoms with Gasteiger partial charge in [0.05, 0.1) is 31.5 Å². The molecular weight excluding hydrogens is 428 g/mol. The first kappa shape index (κ1) is 24.0. The van der Waals surface area contributed by atoms with Gasteiger partial charge in [-0.05, 0) is 56.4 Å². The van der Waals surface area contributed by atoms with Crippen LogP contribution in [0.4, 0.5) is 0 Å². The van der Waals surface area contributed by atoms with Gasteiger partial charge in [-0.1, -0.05) is 13.8 Å². The Morgan fingerprint density at radius 3 is 2.67 bits per heavy atom. The van der Waals surface area contributed by atoms with E-state index in [9.17, 15) is 14.4 Å². The number of hydrogen-bond acceptors (Lipinski definition) is 8. The van der Waals surface area contributed by atoms with Crippen LogP contribution in [-0.2, 0) is 33.3 Å². The number of furan rings is 1. The summed E-state index contributed by atoms with van der Waals surface area (Å²) >= 11 is 0. The summed E-state index contributed by atoms with van der Waals surface area (Å²) in [6.45, 7) is 8.03. The smallest absolute Gasteiger partial charge is 0.310 e. The molecule has 1 aromatic heterocycles. The molecule has 0 radical (unpaired) electrons. The zero-order chi connectivity index (χ0) is 24.0. The monoisotopic (exact) mass is 462 g/mol. The van der Waals surface area contributed by atoms with E-state index in [-0.39, 0.29) is 24.1 Å². The molecule has 2 saturated carbocycles. The molecule has 8 nitrogen and oxygen atoms in total. The number of fused-ring (bicyclic) bond motifs is 3. The van der Waals surface area contributed by atoms with Gasteiger partial charge in [-0.25, -0.2) is 0 Å². The fraction of sp³-hybridized carbons (Fsp3) is 0.720. The molecule has 182 valence electrons. The molecule has 0 N–H and O–H groups in total. The van der Waals surface area contributed by atoms with E-state index in [1.807, 2.05) is 20.8 Å². The highest BCUT2D eigenvalue weighted by atomic mass is 16.7. The Morgan fingerprint density at radius 1 is 1.27 bits per heavy atom. The summed E-state index contributed by atoms with van der Waals surface area (Å²) in [6, 6.07) is 1.78. The number of ether oxygens (including phenoxy) is 4. The van der Waals surface area contributed by atoms with Crippen molar-refractivity contribution < 1.29 is 37.7 Å². The molecule has 0 bridgehead atoms. The summed E-state index contributed by atoms with van der Waals surface area (Å²) in [5.74, 6) is -2.24. The van der Waals surface area contributed by atoms with E-state index in [0.29, 0.717) is 25.9 Å². The Labute approximate surface area is 194 Å². The van der Waals surface area contributed by atoms with Crippen molar-refractivity contribution in [3.8, 4) is 0 Å². The molecule has 1 aliphatic heterocycles. The Kier molecular flexibility index (Phi) is 6.44. The fourth-order valence-corrected chi connectivity index (χ4v) is 6.78. The fourth-order valence-electron chi connectivity index (χ4n) is 6.78. The SMILES string of the molecule is CCOC(C)O[C@H]1C[C@@H](C(=O)OC)[C@]2(C)CC[C@H]3C(=O)O[C@@H](c4ccoc4)C[C@]3(C)[C@H]2C1=O. The third-order valence-electron chi connectivity index (χ3n) is 8.26. The largest absolute Gasteiger partial charge is 0.472 e. The molecule has 4 rings (SSSR count). The van der Waals surface area contributed by atoms with Crippen LogP contribution in [0.25, 0.3) is 0 Å². The second-order valence-electron chi connectivity index (χ2n) is 10.1. The zero-order valence-corrected chi connectivity index (χ0v) is 20.0. The van der Waals surface area contributed by atoms with E-state index in [1.54, 1.807) is 25.5 Å². The minimum absolute atomic E-state index is 0.0722. The molecule has 8 atom stereocenters. The van der Waals surface area contributed by atoms with Crippen LogP contribution >= 0.6 is 0 Å². The van der Waals surface area contributed by atoms with Crippen molar-refractivity contribution >= 4 is 17.7 Å². The number of methoxy groups -OCH3 is 1. The Balaban J connectivity index is 1.75. The summed E-state index contributed by atoms with van der Waals surface area (Å²) in [7, 11) is 1.37. The van der Waals surface area contributed by atoms with Gasteiger partial charge in [0, 0.05) is 18.1 Å². The van der Waals surface area contributed by atoms with Crippen LogP contribution < -0.4 is 0 Å². The van der Waals surface area contributed by atoms with Gasteiger partial charge < -0.3 is 23.4 Å². The first-order chi connectivity index (χ1) is 15.7. The average molecular weight is 463 g/mol. The number of Topliss-reactive ketones (excluding diaryl/α,β-unsaturated/α-hetero) is 1. The van der Waals surface area contributed by atoms with Gasteiger partial charge in [-0.15, -0.1) is 0 Å². The van der Waals surface area contributed by atoms with Crippen molar-refractivity contribution in [1.29, 1.82) is 0 Å². The Hall–Kier alpha value is -2.19. The number of esters is 2. The number of hydrogen-bond donors (Lipinski definition) is 0. The van der Waals surface area contributed by atoms with Crippen molar-refractivity contribution in [2.75, 3.05) is 13.7 Å². The lowest BCUT2D eigenvalue weighted by atomic mass is 9.43. The second-order valence-corrected chi connectivity index (χ2v) is 10.1. The van der Waals surface area contributed by atoms with Gasteiger partial charge in [-0.2, -0.15) is 0 Å². The Bertz CT molecular complexity index is 894. The Morgan fingerprint density at radius 2 is 2.03 bits per heavy atom. The molecule has 1 saturated heterocycles. The maximum atomic E-state index is 14.0. The third kappa shape index (κ3) is 3.91. The number of cyclic esters (lactones) is 1. The maximum Gasteiger partial charge on any atom is 0.310 e. The summed E-state index contributed by atoms with van der Waals surface area (Å²) in [6.07, 6.45) is 3.03. The van der Waals surface area contributed by atoms with Crippen LogP contribution in [0.15, 0.2) is 23.0 Å². The van der Waals surface area contributed by atoms with E-state index >= 15 is 0 Å². The molecule has 3 fully saturated rings. The van der Waals surface area contributed by atoms with Crippen molar-refractivity contribution in [3.05, 3.63) is 24.2 Å². The van der Waals surface area contributed by atoms with E-state index in [1.165, 1.54) is 7.11 Å². The molecule has 8 heteroatoms. The van der Waals surface area contributed by atoms with Gasteiger partial charge in [0.25, 0.3) is 0 Å². The van der Waals surface area contributed by atoms with E-state index in [4.69, 9.17) is 23.4 Å². The lowest BCUT2D eigenvalue weighted by molar-refractivity contribution is -0.222. The third-order valence-corrected chi connectivity index (χ3v) is 8.26. The second kappa shape index (κ2) is 8.87. The molecule has 0 aromatic carbocycles. The number of ketones is 1. The number of carbonyl (C=O) groups excluding carboxylic acids is 3. The van der Waals surface area contributed by atoms with Gasteiger partial charge in [0.2, 0.25) is 0 Å². The predicted molar refractivity (Wildman–Crippen MR) is 116 cm³/mol. The van der Waals surface area contributed by atoms with Gasteiger partial charge in [0.1, 0.15) is 12.2 Å². The van der Waals surface area contributed by atoms with Crippen LogP contribution in [-0.4, -0.2) is 43.8 Å². The summed E-state index contributed by atoms with van der Waals surface area (Å²) in [4.78, 5) is 40.1. The molecule has 1 unspecified atom stereocenters. The molecular formula is C25H34O8. The highest BCUT2D eigenvalue weighted by molar-refractivity contribution is 5.92. The number of rotatable bonds is 6. The topological polar surface area (TPSA) is 101 Å². The van der Waals surface area contributed by atoms with Crippen LogP contribution in [0.2, 0.25) is 0 Å². The summed E-state index contributed by atoms with van der Waals surface area (Å²) in [5.41, 5.74) is -0.589. The maximum absolute atomic E-state index is 14.0. The lowest BCUT2D eigenvalue weighted by Crippen LogP contribution is -2.64. The van der Waals surface area contributed by atoms with E-state index in [2.05, 4.69) is 0 Å². The normalized spacial score (nSPS) is 39.2. The predicted octanol–water partition coefficient (Wildman–Crippen LogP) is 3.84. The molecule has 2 aliphatic carbocycles. The van der Waals surface area contributed by atoms with E-state index < -0.39 is 47.1 Å². The minimum atomic E-state index is -0.811. The highest BCUT2D eigenvalue weighted by Gasteiger charge is 2.67.